The minimum atomic E-state index is -0.183. The summed E-state index contributed by atoms with van der Waals surface area (Å²) in [6.45, 7) is 24.4. The number of furan rings is 1. The van der Waals surface area contributed by atoms with E-state index in [9.17, 15) is 4.79 Å². The van der Waals surface area contributed by atoms with Gasteiger partial charge in [0.1, 0.15) is 34.5 Å². The number of nitrogens with zero attached hydrogens (tertiary/aromatic N) is 17. The van der Waals surface area contributed by atoms with E-state index in [1.807, 2.05) is 270 Å². The maximum atomic E-state index is 12.0. The molecule has 0 aliphatic rings. The molecule has 15 aromatic rings. The minimum absolute atomic E-state index is 0.0575. The van der Waals surface area contributed by atoms with Crippen LogP contribution in [0.3, 0.4) is 0 Å². The van der Waals surface area contributed by atoms with Crippen molar-refractivity contribution in [1.82, 2.24) is 33.9 Å². The largest absolute Gasteiger partial charge is 0.494 e. The van der Waals surface area contributed by atoms with E-state index in [1.165, 1.54) is 88.3 Å². The van der Waals surface area contributed by atoms with Crippen molar-refractivity contribution in [2.24, 2.45) is 83.0 Å². The number of hydrogen-bond acceptors (Lipinski definition) is 20. The highest BCUT2D eigenvalue weighted by atomic mass is 16.5. The van der Waals surface area contributed by atoms with Crippen molar-refractivity contribution in [1.29, 1.82) is 0 Å². The number of rotatable bonds is 45. The van der Waals surface area contributed by atoms with Gasteiger partial charge >= 0.3 is 5.97 Å². The molecule has 24 nitrogen and oxygen atoms in total. The van der Waals surface area contributed by atoms with E-state index >= 15 is 0 Å². The zero-order chi connectivity index (χ0) is 97.8. The molecule has 0 bridgehead atoms. The van der Waals surface area contributed by atoms with Gasteiger partial charge in [0, 0.05) is 55.8 Å². The third kappa shape index (κ3) is 35.6. The van der Waals surface area contributed by atoms with Crippen LogP contribution in [0.5, 0.6) is 28.7 Å². The maximum absolute atomic E-state index is 12.0. The molecule has 5 aromatic heterocycles. The Balaban J connectivity index is 0.000000166. The second-order valence-electron chi connectivity index (χ2n) is 34.0. The molecule has 0 saturated carbocycles. The average molecular weight is 1870 g/mol. The second-order valence-corrected chi connectivity index (χ2v) is 34.0. The van der Waals surface area contributed by atoms with E-state index in [0.29, 0.717) is 23.3 Å². The lowest BCUT2D eigenvalue weighted by Crippen LogP contribution is -2.19. The molecule has 5 heterocycles. The highest BCUT2D eigenvalue weighted by molar-refractivity contribution is 5.75. The molecule has 722 valence electrons. The van der Waals surface area contributed by atoms with Gasteiger partial charge in [-0.05, 0) is 323 Å². The molecule has 0 aliphatic heterocycles. The summed E-state index contributed by atoms with van der Waals surface area (Å²) in [6.07, 6.45) is 33.8. The molecule has 0 saturated heterocycles. The minimum Gasteiger partial charge on any atom is -0.494 e. The van der Waals surface area contributed by atoms with Gasteiger partial charge in [0.2, 0.25) is 0 Å². The van der Waals surface area contributed by atoms with E-state index < -0.39 is 0 Å². The normalized spacial score (nSPS) is 11.7. The lowest BCUT2D eigenvalue weighted by Gasteiger charge is -2.15. The number of hydrogen-bond donors (Lipinski definition) is 0. The second kappa shape index (κ2) is 58.5. The van der Waals surface area contributed by atoms with E-state index in [2.05, 4.69) is 160 Å². The number of aryl methyl sites for hydroxylation is 4. The third-order valence-corrected chi connectivity index (χ3v) is 23.4. The molecule has 2 unspecified atom stereocenters. The van der Waals surface area contributed by atoms with Gasteiger partial charge in [-0.3, -0.25) is 4.79 Å². The van der Waals surface area contributed by atoms with Crippen LogP contribution in [0.1, 0.15) is 182 Å². The van der Waals surface area contributed by atoms with Gasteiger partial charge in [0.15, 0.2) is 0 Å². The van der Waals surface area contributed by atoms with Crippen molar-refractivity contribution in [3.63, 3.8) is 0 Å². The molecule has 2 atom stereocenters. The number of ether oxygens (including phenoxy) is 5. The van der Waals surface area contributed by atoms with E-state index in [0.717, 1.165) is 184 Å². The van der Waals surface area contributed by atoms with E-state index in [4.69, 9.17) is 28.1 Å². The van der Waals surface area contributed by atoms with Gasteiger partial charge in [-0.1, -0.05) is 169 Å². The summed E-state index contributed by atoms with van der Waals surface area (Å²) in [6, 6.07) is 87.8. The van der Waals surface area contributed by atoms with Crippen molar-refractivity contribution in [3.8, 4) is 73.8 Å². The third-order valence-electron chi connectivity index (χ3n) is 23.4. The SMILES string of the molecule is CCC(CC)C(=O)Oc1ccc(N=Nc2ccc(-c3cccn3C)cc2)cc1.CCCCC(CC)COc1ccc(N=Nc2ccc(-n3cccn3)cc2)cc1.CCCCC(CC)COc1ccc(N=Nc2ccc(-n3nccn3)cc2)cc1.CCCCCCOc1ccc(N=Nc2ccc(-c3c(C)coc3C)cc2)cc1.CCCCCCOc1ccc(N=Nc2ccc(-c3cccn3C)cc2)cc1. The summed E-state index contributed by atoms with van der Waals surface area (Å²) in [7, 11) is 4.07. The first-order chi connectivity index (χ1) is 68.1. The number of azo groups is 5. The van der Waals surface area contributed by atoms with Crippen molar-refractivity contribution in [2.75, 3.05) is 26.4 Å². The van der Waals surface area contributed by atoms with Crippen molar-refractivity contribution >= 4 is 62.8 Å². The first-order valence-corrected chi connectivity index (χ1v) is 49.1. The monoisotopic (exact) mass is 1870 g/mol. The Morgan fingerprint density at radius 1 is 0.331 bits per heavy atom. The standard InChI is InChI=1S/C24H28N2O2.C23H28N4O.C23H25N3O2.C23H27N3O.C22H27N5O/c1-4-5-6-7-16-27-23-14-12-22(13-15-23)26-25-21-10-8-20(9-11-21)24-18(2)17-28-19(24)3;1-3-5-7-19(4-2)18-28-23-14-10-21(11-15-23)26-25-20-8-12-22(13-9-20)27-17-6-16-24-27;1-4-17(5-2)23(27)28-21-14-12-20(13-15-21)25-24-19-10-8-18(9-11-19)22-7-6-16-26(22)3;1-3-4-5-6-18-27-22-15-13-21(14-16-22)25-24-20-11-9-19(10-12-20)23-8-7-17-26(23)2;1-3-5-6-18(4-2)17-28-22-13-9-20(10-14-22)26-25-19-7-11-21(12-8-19)27-23-15-16-24-27/h8-15,17H,4-7,16H2,1-3H3;6,8-17,19H,3-5,7,18H2,1-2H3;6-17H,4-5H2,1-3H3;7-17H,3-6,18H2,1-2H3;7-16,18H,3-6,17H2,1-2H3. The Morgan fingerprint density at radius 2 is 0.662 bits per heavy atom. The van der Waals surface area contributed by atoms with Crippen molar-refractivity contribution in [2.45, 2.75) is 185 Å². The Morgan fingerprint density at radius 3 is 0.971 bits per heavy atom. The van der Waals surface area contributed by atoms with Crippen molar-refractivity contribution in [3.05, 3.63) is 328 Å². The summed E-state index contributed by atoms with van der Waals surface area (Å²) in [4.78, 5) is 13.6. The summed E-state index contributed by atoms with van der Waals surface area (Å²) in [5.74, 6) is 6.01. The number of benzene rings is 10. The smallest absolute Gasteiger partial charge is 0.314 e. The Labute approximate surface area is 820 Å². The quantitative estimate of drug-likeness (QED) is 0.0151. The molecular formula is C115H135N17O7. The predicted octanol–water partition coefficient (Wildman–Crippen LogP) is 34.6. The van der Waals surface area contributed by atoms with Gasteiger partial charge in [0.25, 0.3) is 0 Å². The fourth-order valence-corrected chi connectivity index (χ4v) is 14.8. The van der Waals surface area contributed by atoms with Gasteiger partial charge in [-0.25, -0.2) is 4.68 Å². The lowest BCUT2D eigenvalue weighted by atomic mass is 10.0. The molecule has 10 aromatic carbocycles. The molecule has 0 amide bonds. The van der Waals surface area contributed by atoms with E-state index in [-0.39, 0.29) is 11.9 Å². The zero-order valence-electron chi connectivity index (χ0n) is 82.8. The van der Waals surface area contributed by atoms with Crippen LogP contribution in [0.2, 0.25) is 0 Å². The average Bonchev–Trinajstić information content (AvgIpc) is 1.70. The number of aromatic nitrogens is 7. The van der Waals surface area contributed by atoms with Crippen LogP contribution in [0, 0.1) is 31.6 Å². The number of esters is 1. The van der Waals surface area contributed by atoms with Crippen LogP contribution in [-0.4, -0.2) is 66.3 Å². The van der Waals surface area contributed by atoms with Gasteiger partial charge in [0.05, 0.1) is 119 Å². The molecule has 0 radical (unpaired) electrons. The van der Waals surface area contributed by atoms with E-state index in [1.54, 1.807) is 53.9 Å². The number of unbranched alkanes of at least 4 members (excludes halogenated alkanes) is 8. The van der Waals surface area contributed by atoms with Gasteiger partial charge < -0.3 is 37.2 Å². The Bertz CT molecular complexity index is 5940. The van der Waals surface area contributed by atoms with Crippen molar-refractivity contribution < 1.29 is 32.9 Å². The number of carbonyl (C=O) groups is 1. The molecule has 0 N–H and O–H groups in total. The summed E-state index contributed by atoms with van der Waals surface area (Å²) < 4.78 is 40.3. The van der Waals surface area contributed by atoms with Crippen LogP contribution < -0.4 is 23.7 Å². The van der Waals surface area contributed by atoms with Gasteiger partial charge in [-0.2, -0.15) is 71.2 Å². The topological polar surface area (TPSA) is 258 Å². The highest BCUT2D eigenvalue weighted by Crippen LogP contribution is 2.35. The summed E-state index contributed by atoms with van der Waals surface area (Å²) in [5, 5.41) is 55.4. The molecular weight excluding hydrogens is 1730 g/mol. The lowest BCUT2D eigenvalue weighted by molar-refractivity contribution is -0.139. The van der Waals surface area contributed by atoms with Crippen LogP contribution in [0.15, 0.2) is 372 Å². The van der Waals surface area contributed by atoms with Gasteiger partial charge in [-0.15, -0.1) is 0 Å². The number of carbonyl (C=O) groups excluding carboxylic acids is 1. The first-order valence-electron chi connectivity index (χ1n) is 49.1. The fourth-order valence-electron chi connectivity index (χ4n) is 14.8. The molecule has 0 aliphatic carbocycles. The summed E-state index contributed by atoms with van der Waals surface area (Å²) in [5.41, 5.74) is 17.9. The Hall–Kier alpha value is -14.9. The molecule has 15 rings (SSSR count). The molecule has 24 heteroatoms. The maximum Gasteiger partial charge on any atom is 0.314 e. The molecule has 0 fully saturated rings. The Kier molecular flexibility index (Phi) is 44.0. The van der Waals surface area contributed by atoms with Crippen LogP contribution in [0.4, 0.5) is 56.9 Å². The summed E-state index contributed by atoms with van der Waals surface area (Å²) >= 11 is 0. The molecule has 139 heavy (non-hydrogen) atoms. The van der Waals surface area contributed by atoms with Crippen LogP contribution in [-0.2, 0) is 18.9 Å². The molecule has 0 spiro atoms. The first kappa shape index (κ1) is 105. The fraction of sp³-hybridized carbons (Fsp3) is 0.322. The highest BCUT2D eigenvalue weighted by Gasteiger charge is 2.18. The predicted molar refractivity (Wildman–Crippen MR) is 560 cm³/mol. The van der Waals surface area contributed by atoms with Crippen LogP contribution in [0.25, 0.3) is 45.0 Å². The van der Waals surface area contributed by atoms with Crippen LogP contribution >= 0.6 is 0 Å². The zero-order valence-corrected chi connectivity index (χ0v) is 82.8.